The SMILES string of the molecule is Oc1cc(-c2cn[nH]c2)ccc1-c1ccc(N(CCF)C2CCC3CNC(C3)C2)nn1. The van der Waals surface area contributed by atoms with Crippen LogP contribution >= 0.6 is 0 Å². The normalized spacial score (nSPS) is 22.9. The molecule has 7 nitrogen and oxygen atoms in total. The third-order valence-electron chi connectivity index (χ3n) is 6.59. The number of fused-ring (bicyclic) bond motifs is 2. The Balaban J connectivity index is 1.37. The fourth-order valence-corrected chi connectivity index (χ4v) is 4.99. The van der Waals surface area contributed by atoms with Gasteiger partial charge in [0.15, 0.2) is 5.82 Å². The van der Waals surface area contributed by atoms with Crippen LogP contribution in [-0.4, -0.2) is 57.3 Å². The molecule has 2 aliphatic rings. The van der Waals surface area contributed by atoms with Crippen LogP contribution in [0, 0.1) is 5.92 Å². The second-order valence-corrected chi connectivity index (χ2v) is 8.55. The smallest absolute Gasteiger partial charge is 0.151 e. The number of hydrogen-bond acceptors (Lipinski definition) is 6. The summed E-state index contributed by atoms with van der Waals surface area (Å²) >= 11 is 0. The lowest BCUT2D eigenvalue weighted by molar-refractivity contribution is 0.406. The monoisotopic (exact) mass is 422 g/mol. The van der Waals surface area contributed by atoms with Crippen LogP contribution in [0.1, 0.15) is 25.7 Å². The van der Waals surface area contributed by atoms with Crippen molar-refractivity contribution in [2.24, 2.45) is 5.92 Å². The summed E-state index contributed by atoms with van der Waals surface area (Å²) in [6, 6.07) is 9.95. The minimum absolute atomic E-state index is 0.132. The average molecular weight is 423 g/mol. The van der Waals surface area contributed by atoms with Crippen LogP contribution in [0.5, 0.6) is 5.75 Å². The van der Waals surface area contributed by atoms with E-state index >= 15 is 0 Å². The number of aromatic amines is 1. The van der Waals surface area contributed by atoms with Crippen molar-refractivity contribution in [2.45, 2.75) is 37.8 Å². The third kappa shape index (κ3) is 4.12. The van der Waals surface area contributed by atoms with Gasteiger partial charge >= 0.3 is 0 Å². The molecule has 1 aliphatic heterocycles. The summed E-state index contributed by atoms with van der Waals surface area (Å²) in [4.78, 5) is 2.07. The van der Waals surface area contributed by atoms with Gasteiger partial charge in [0.2, 0.25) is 0 Å². The summed E-state index contributed by atoms with van der Waals surface area (Å²) in [5.74, 6) is 1.56. The number of H-pyrrole nitrogens is 1. The van der Waals surface area contributed by atoms with E-state index in [1.165, 1.54) is 12.8 Å². The first-order valence-corrected chi connectivity index (χ1v) is 10.9. The summed E-state index contributed by atoms with van der Waals surface area (Å²) in [7, 11) is 0. The van der Waals surface area contributed by atoms with Gasteiger partial charge in [0.25, 0.3) is 0 Å². The number of halogens is 1. The summed E-state index contributed by atoms with van der Waals surface area (Å²) in [6.45, 7) is 1.01. The van der Waals surface area contributed by atoms with Crippen molar-refractivity contribution < 1.29 is 9.50 Å². The van der Waals surface area contributed by atoms with Gasteiger partial charge < -0.3 is 15.3 Å². The van der Waals surface area contributed by atoms with Gasteiger partial charge in [-0.1, -0.05) is 6.07 Å². The van der Waals surface area contributed by atoms with Crippen LogP contribution in [0.15, 0.2) is 42.7 Å². The highest BCUT2D eigenvalue weighted by Gasteiger charge is 2.33. The second kappa shape index (κ2) is 8.63. The third-order valence-corrected chi connectivity index (χ3v) is 6.59. The van der Waals surface area contributed by atoms with Gasteiger partial charge in [0.05, 0.1) is 11.9 Å². The molecule has 3 heterocycles. The molecule has 8 heteroatoms. The number of alkyl halides is 1. The Hall–Kier alpha value is -3.00. The van der Waals surface area contributed by atoms with E-state index in [1.54, 1.807) is 18.5 Å². The van der Waals surface area contributed by atoms with E-state index in [9.17, 15) is 9.50 Å². The zero-order valence-corrected chi connectivity index (χ0v) is 17.3. The fourth-order valence-electron chi connectivity index (χ4n) is 4.99. The van der Waals surface area contributed by atoms with E-state index in [0.29, 0.717) is 29.7 Å². The van der Waals surface area contributed by atoms with Gasteiger partial charge in [0.1, 0.15) is 12.4 Å². The van der Waals surface area contributed by atoms with Crippen LogP contribution in [-0.2, 0) is 0 Å². The van der Waals surface area contributed by atoms with Gasteiger partial charge in [-0.25, -0.2) is 4.39 Å². The predicted molar refractivity (Wildman–Crippen MR) is 118 cm³/mol. The van der Waals surface area contributed by atoms with Crippen LogP contribution in [0.2, 0.25) is 0 Å². The van der Waals surface area contributed by atoms with Crippen LogP contribution in [0.4, 0.5) is 10.2 Å². The summed E-state index contributed by atoms with van der Waals surface area (Å²) in [5.41, 5.74) is 2.96. The van der Waals surface area contributed by atoms with Gasteiger partial charge in [-0.05, 0) is 68.0 Å². The maximum absolute atomic E-state index is 13.4. The molecule has 3 N–H and O–H groups in total. The van der Waals surface area contributed by atoms with Crippen molar-refractivity contribution in [3.8, 4) is 28.1 Å². The molecule has 0 spiro atoms. The molecule has 162 valence electrons. The van der Waals surface area contributed by atoms with Gasteiger partial charge in [-0.3, -0.25) is 5.10 Å². The van der Waals surface area contributed by atoms with E-state index in [1.807, 2.05) is 24.3 Å². The molecule has 5 rings (SSSR count). The standard InChI is InChI=1S/C23H27FN6O/c24-7-8-30(19-3-1-15-9-18(11-19)25-12-15)23-6-5-21(28-29-23)20-4-2-16(10-22(20)31)17-13-26-27-14-17/h2,4-6,10,13-15,18-19,25,31H,1,3,7-9,11-12H2,(H,26,27). The number of nitrogens with one attached hydrogen (secondary N) is 2. The largest absolute Gasteiger partial charge is 0.507 e. The van der Waals surface area contributed by atoms with Crippen molar-refractivity contribution in [3.05, 3.63) is 42.7 Å². The highest BCUT2D eigenvalue weighted by Crippen LogP contribution is 2.34. The minimum Gasteiger partial charge on any atom is -0.507 e. The summed E-state index contributed by atoms with van der Waals surface area (Å²) in [5, 5.41) is 29.6. The summed E-state index contributed by atoms with van der Waals surface area (Å²) in [6.07, 6.45) is 7.94. The lowest BCUT2D eigenvalue weighted by Crippen LogP contribution is -2.42. The molecule has 0 radical (unpaired) electrons. The number of aromatic hydroxyl groups is 1. The predicted octanol–water partition coefficient (Wildman–Crippen LogP) is 3.55. The van der Waals surface area contributed by atoms with Crippen molar-refractivity contribution in [1.82, 2.24) is 25.7 Å². The topological polar surface area (TPSA) is 90.0 Å². The van der Waals surface area contributed by atoms with E-state index in [4.69, 9.17) is 0 Å². The van der Waals surface area contributed by atoms with Crippen molar-refractivity contribution in [3.63, 3.8) is 0 Å². The summed E-state index contributed by atoms with van der Waals surface area (Å²) < 4.78 is 13.4. The van der Waals surface area contributed by atoms with Crippen molar-refractivity contribution in [1.29, 1.82) is 0 Å². The molecule has 2 aromatic heterocycles. The molecule has 1 saturated heterocycles. The van der Waals surface area contributed by atoms with Crippen LogP contribution < -0.4 is 10.2 Å². The highest BCUT2D eigenvalue weighted by atomic mass is 19.1. The molecular weight excluding hydrogens is 395 g/mol. The molecule has 2 fully saturated rings. The molecule has 1 aromatic carbocycles. The number of nitrogens with zero attached hydrogens (tertiary/aromatic N) is 4. The first-order valence-electron chi connectivity index (χ1n) is 10.9. The molecule has 2 bridgehead atoms. The Bertz CT molecular complexity index is 1010. The van der Waals surface area contributed by atoms with E-state index < -0.39 is 6.67 Å². The highest BCUT2D eigenvalue weighted by molar-refractivity contribution is 5.73. The minimum atomic E-state index is -0.419. The number of anilines is 1. The Morgan fingerprint density at radius 3 is 2.77 bits per heavy atom. The molecule has 3 aromatic rings. The number of phenols is 1. The maximum atomic E-state index is 13.4. The fraction of sp³-hybridized carbons (Fsp3) is 0.435. The average Bonchev–Trinajstić information content (AvgIpc) is 3.42. The molecule has 1 saturated carbocycles. The molecule has 0 amide bonds. The van der Waals surface area contributed by atoms with Crippen LogP contribution in [0.3, 0.4) is 0 Å². The molecule has 3 atom stereocenters. The Morgan fingerprint density at radius 2 is 2.03 bits per heavy atom. The zero-order valence-electron chi connectivity index (χ0n) is 17.3. The van der Waals surface area contributed by atoms with Crippen molar-refractivity contribution >= 4 is 5.82 Å². The maximum Gasteiger partial charge on any atom is 0.151 e. The van der Waals surface area contributed by atoms with Gasteiger partial charge in [0, 0.05) is 36.0 Å². The van der Waals surface area contributed by atoms with E-state index in [2.05, 4.69) is 30.6 Å². The van der Waals surface area contributed by atoms with E-state index in [-0.39, 0.29) is 11.8 Å². The van der Waals surface area contributed by atoms with Crippen LogP contribution in [0.25, 0.3) is 22.4 Å². The number of rotatable bonds is 6. The van der Waals surface area contributed by atoms with Gasteiger partial charge in [-0.15, -0.1) is 10.2 Å². The zero-order chi connectivity index (χ0) is 21.2. The molecule has 31 heavy (non-hydrogen) atoms. The van der Waals surface area contributed by atoms with Crippen molar-refractivity contribution in [2.75, 3.05) is 24.7 Å². The lowest BCUT2D eigenvalue weighted by atomic mass is 10.0. The quantitative estimate of drug-likeness (QED) is 0.563. The molecule has 1 aliphatic carbocycles. The second-order valence-electron chi connectivity index (χ2n) is 8.55. The number of hydrogen-bond donors (Lipinski definition) is 3. The van der Waals surface area contributed by atoms with E-state index in [0.717, 1.165) is 36.4 Å². The van der Waals surface area contributed by atoms with Gasteiger partial charge in [-0.2, -0.15) is 5.10 Å². The number of phenolic OH excluding ortho intramolecular Hbond substituents is 1. The lowest BCUT2D eigenvalue weighted by Gasteiger charge is -2.33. The Kier molecular flexibility index (Phi) is 5.55. The first-order chi connectivity index (χ1) is 15.2. The molecular formula is C23H27FN6O. The number of aromatic nitrogens is 4. The Morgan fingerprint density at radius 1 is 1.10 bits per heavy atom. The Labute approximate surface area is 180 Å². The number of benzene rings is 1. The first kappa shape index (κ1) is 19.9. The molecule has 3 unspecified atom stereocenters.